The van der Waals surface area contributed by atoms with E-state index in [9.17, 15) is 9.59 Å². The highest BCUT2D eigenvalue weighted by atomic mass is 32.1. The van der Waals surface area contributed by atoms with Crippen molar-refractivity contribution in [1.82, 2.24) is 10.6 Å². The van der Waals surface area contributed by atoms with Crippen LogP contribution in [0.25, 0.3) is 5.70 Å². The quantitative estimate of drug-likeness (QED) is 0.324. The predicted octanol–water partition coefficient (Wildman–Crippen LogP) is 4.20. The van der Waals surface area contributed by atoms with E-state index in [1.807, 2.05) is 60.7 Å². The number of rotatable bonds is 8. The molecular weight excluding hydrogens is 462 g/mol. The summed E-state index contributed by atoms with van der Waals surface area (Å²) in [5, 5.41) is 9.44. The molecule has 1 aliphatic heterocycles. The van der Waals surface area contributed by atoms with Gasteiger partial charge in [0.1, 0.15) is 5.75 Å². The van der Waals surface area contributed by atoms with Crippen LogP contribution in [0.2, 0.25) is 0 Å². The summed E-state index contributed by atoms with van der Waals surface area (Å²) in [5.74, 6) is -0.325. The van der Waals surface area contributed by atoms with E-state index < -0.39 is 12.0 Å². The lowest BCUT2D eigenvalue weighted by Crippen LogP contribution is -2.45. The molecular formula is C27H25N3O4S. The molecule has 0 aliphatic carbocycles. The van der Waals surface area contributed by atoms with E-state index in [0.29, 0.717) is 33.4 Å². The summed E-state index contributed by atoms with van der Waals surface area (Å²) in [6, 6.07) is 25.2. The van der Waals surface area contributed by atoms with Crippen LogP contribution in [-0.2, 0) is 14.3 Å². The second kappa shape index (κ2) is 11.3. The van der Waals surface area contributed by atoms with Gasteiger partial charge in [-0.2, -0.15) is 0 Å². The SMILES string of the molecule is CCOC(=O)C1=C(c2ccccc2)NC(=S)N[C@H]1c1ccccc1OCC(=O)Nc1ccccc1. The van der Waals surface area contributed by atoms with E-state index in [4.69, 9.17) is 21.7 Å². The van der Waals surface area contributed by atoms with Crippen LogP contribution in [0.3, 0.4) is 0 Å². The largest absolute Gasteiger partial charge is 0.483 e. The number of hydrogen-bond acceptors (Lipinski definition) is 5. The molecule has 0 fully saturated rings. The topological polar surface area (TPSA) is 88.7 Å². The maximum Gasteiger partial charge on any atom is 0.338 e. The van der Waals surface area contributed by atoms with Crippen LogP contribution >= 0.6 is 12.2 Å². The molecule has 3 aromatic carbocycles. The second-order valence-electron chi connectivity index (χ2n) is 7.65. The lowest BCUT2D eigenvalue weighted by Gasteiger charge is -2.32. The summed E-state index contributed by atoms with van der Waals surface area (Å²) in [4.78, 5) is 25.6. The molecule has 1 atom stereocenters. The third kappa shape index (κ3) is 5.85. The van der Waals surface area contributed by atoms with Crippen molar-refractivity contribution in [2.75, 3.05) is 18.5 Å². The molecule has 1 aliphatic rings. The van der Waals surface area contributed by atoms with Crippen molar-refractivity contribution in [2.45, 2.75) is 13.0 Å². The molecule has 0 saturated carbocycles. The number of hydrogen-bond donors (Lipinski definition) is 3. The molecule has 3 N–H and O–H groups in total. The first-order valence-electron chi connectivity index (χ1n) is 11.2. The Morgan fingerprint density at radius 2 is 1.60 bits per heavy atom. The highest BCUT2D eigenvalue weighted by Crippen LogP contribution is 2.36. The number of thiocarbonyl (C=S) groups is 1. The lowest BCUT2D eigenvalue weighted by molar-refractivity contribution is -0.138. The molecule has 8 heteroatoms. The molecule has 0 bridgehead atoms. The zero-order valence-electron chi connectivity index (χ0n) is 19.1. The normalized spacial score (nSPS) is 15.0. The summed E-state index contributed by atoms with van der Waals surface area (Å²) >= 11 is 5.47. The zero-order chi connectivity index (χ0) is 24.6. The van der Waals surface area contributed by atoms with E-state index in [1.165, 1.54) is 0 Å². The van der Waals surface area contributed by atoms with Gasteiger partial charge in [-0.05, 0) is 42.9 Å². The van der Waals surface area contributed by atoms with Crippen molar-refractivity contribution in [2.24, 2.45) is 0 Å². The number of benzene rings is 3. The summed E-state index contributed by atoms with van der Waals surface area (Å²) in [7, 11) is 0. The van der Waals surface area contributed by atoms with Crippen molar-refractivity contribution in [1.29, 1.82) is 0 Å². The number of esters is 1. The Morgan fingerprint density at radius 3 is 2.31 bits per heavy atom. The molecule has 0 unspecified atom stereocenters. The van der Waals surface area contributed by atoms with Crippen molar-refractivity contribution >= 4 is 40.6 Å². The van der Waals surface area contributed by atoms with Gasteiger partial charge in [0.05, 0.1) is 23.9 Å². The van der Waals surface area contributed by atoms with Gasteiger partial charge in [0, 0.05) is 11.3 Å². The minimum Gasteiger partial charge on any atom is -0.483 e. The Morgan fingerprint density at radius 1 is 0.943 bits per heavy atom. The third-order valence-electron chi connectivity index (χ3n) is 5.28. The number of nitrogens with one attached hydrogen (secondary N) is 3. The summed E-state index contributed by atoms with van der Waals surface area (Å²) in [6.07, 6.45) is 0. The van der Waals surface area contributed by atoms with Gasteiger partial charge in [-0.1, -0.05) is 66.7 Å². The first-order chi connectivity index (χ1) is 17.1. The molecule has 35 heavy (non-hydrogen) atoms. The number of carbonyl (C=O) groups is 2. The first kappa shape index (κ1) is 24.0. The Bertz CT molecular complexity index is 1250. The van der Waals surface area contributed by atoms with Crippen LogP contribution < -0.4 is 20.7 Å². The zero-order valence-corrected chi connectivity index (χ0v) is 19.9. The minimum atomic E-state index is -0.647. The Balaban J connectivity index is 1.66. The molecule has 0 spiro atoms. The minimum absolute atomic E-state index is 0.203. The molecule has 1 heterocycles. The van der Waals surface area contributed by atoms with Crippen LogP contribution in [0.4, 0.5) is 5.69 Å². The maximum absolute atomic E-state index is 13.1. The molecule has 3 aromatic rings. The highest BCUT2D eigenvalue weighted by Gasteiger charge is 2.34. The van der Waals surface area contributed by atoms with Gasteiger partial charge in [-0.25, -0.2) is 4.79 Å². The van der Waals surface area contributed by atoms with Gasteiger partial charge in [-0.15, -0.1) is 0 Å². The van der Waals surface area contributed by atoms with Crippen LogP contribution in [0.5, 0.6) is 5.75 Å². The van der Waals surface area contributed by atoms with E-state index in [-0.39, 0.29) is 19.1 Å². The number of carbonyl (C=O) groups excluding carboxylic acids is 2. The fraction of sp³-hybridized carbons (Fsp3) is 0.148. The van der Waals surface area contributed by atoms with E-state index >= 15 is 0 Å². The van der Waals surface area contributed by atoms with Crippen molar-refractivity contribution in [3.8, 4) is 5.75 Å². The maximum atomic E-state index is 13.1. The van der Waals surface area contributed by atoms with Crippen molar-refractivity contribution < 1.29 is 19.1 Å². The second-order valence-corrected chi connectivity index (χ2v) is 8.06. The monoisotopic (exact) mass is 487 g/mol. The van der Waals surface area contributed by atoms with Gasteiger partial charge in [-0.3, -0.25) is 4.79 Å². The van der Waals surface area contributed by atoms with Gasteiger partial charge in [0.25, 0.3) is 5.91 Å². The smallest absolute Gasteiger partial charge is 0.338 e. The average molecular weight is 488 g/mol. The predicted molar refractivity (Wildman–Crippen MR) is 139 cm³/mol. The van der Waals surface area contributed by atoms with Gasteiger partial charge in [0.15, 0.2) is 11.7 Å². The fourth-order valence-electron chi connectivity index (χ4n) is 3.77. The summed E-state index contributed by atoms with van der Waals surface area (Å²) < 4.78 is 11.3. The number of anilines is 1. The summed E-state index contributed by atoms with van der Waals surface area (Å²) in [6.45, 7) is 1.77. The van der Waals surface area contributed by atoms with Crippen molar-refractivity contribution in [3.63, 3.8) is 0 Å². The molecule has 178 valence electrons. The molecule has 0 aromatic heterocycles. The van der Waals surface area contributed by atoms with Gasteiger partial charge in [0.2, 0.25) is 0 Å². The Labute approximate surface area is 209 Å². The third-order valence-corrected chi connectivity index (χ3v) is 5.50. The molecule has 0 saturated heterocycles. The molecule has 7 nitrogen and oxygen atoms in total. The van der Waals surface area contributed by atoms with Crippen LogP contribution in [-0.4, -0.2) is 30.2 Å². The summed E-state index contributed by atoms with van der Waals surface area (Å²) in [5.41, 5.74) is 3.07. The fourth-order valence-corrected chi connectivity index (χ4v) is 3.99. The van der Waals surface area contributed by atoms with E-state index in [1.54, 1.807) is 31.2 Å². The number of ether oxygens (including phenoxy) is 2. The van der Waals surface area contributed by atoms with Crippen LogP contribution in [0.1, 0.15) is 24.1 Å². The number of para-hydroxylation sites is 2. The van der Waals surface area contributed by atoms with E-state index in [2.05, 4.69) is 16.0 Å². The molecule has 4 rings (SSSR count). The van der Waals surface area contributed by atoms with Crippen molar-refractivity contribution in [3.05, 3.63) is 102 Å². The molecule has 0 radical (unpaired) electrons. The van der Waals surface area contributed by atoms with Gasteiger partial charge >= 0.3 is 5.97 Å². The van der Waals surface area contributed by atoms with Crippen LogP contribution in [0.15, 0.2) is 90.5 Å². The number of amides is 1. The Kier molecular flexibility index (Phi) is 7.74. The van der Waals surface area contributed by atoms with Crippen LogP contribution in [0, 0.1) is 0 Å². The average Bonchev–Trinajstić information content (AvgIpc) is 2.88. The Hall–Kier alpha value is -4.17. The highest BCUT2D eigenvalue weighted by molar-refractivity contribution is 7.80. The van der Waals surface area contributed by atoms with Gasteiger partial charge < -0.3 is 25.4 Å². The molecule has 1 amide bonds. The first-order valence-corrected chi connectivity index (χ1v) is 11.6. The lowest BCUT2D eigenvalue weighted by atomic mass is 9.92. The standard InChI is InChI=1S/C27H25N3O4S/c1-2-33-26(32)23-24(18-11-5-3-6-12-18)29-27(35)30-25(23)20-15-9-10-16-21(20)34-17-22(31)28-19-13-7-4-8-14-19/h3-16,25H,2,17H2,1H3,(H,28,31)(H2,29,30,35)/t25-/m0/s1. The van der Waals surface area contributed by atoms with E-state index in [0.717, 1.165) is 5.56 Å².